The molecule has 2 aromatic carbocycles. The molecule has 1 aromatic heterocycles. The van der Waals surface area contributed by atoms with E-state index in [4.69, 9.17) is 10.5 Å². The van der Waals surface area contributed by atoms with Gasteiger partial charge in [0, 0.05) is 11.3 Å². The largest absolute Gasteiger partial charge is 0.481 e. The maximum absolute atomic E-state index is 14.8. The van der Waals surface area contributed by atoms with Crippen molar-refractivity contribution in [1.29, 1.82) is 0 Å². The summed E-state index contributed by atoms with van der Waals surface area (Å²) in [6, 6.07) is 6.98. The fourth-order valence-corrected chi connectivity index (χ4v) is 4.36. The van der Waals surface area contributed by atoms with Gasteiger partial charge in [0.15, 0.2) is 11.6 Å². The van der Waals surface area contributed by atoms with Gasteiger partial charge in [0.25, 0.3) is 11.8 Å². The Morgan fingerprint density at radius 3 is 2.61 bits per heavy atom. The number of nitrogens with one attached hydrogen (secondary N) is 1. The van der Waals surface area contributed by atoms with Gasteiger partial charge in [-0.1, -0.05) is 12.0 Å². The SMILES string of the molecule is CC#CC(=O)N1CC(Oc2c(N)ncnc2-c2cc(F)cc(NC(=O)c3ccc(C4CC4)cc3F)c2C)C1. The monoisotopic (exact) mass is 517 g/mol. The van der Waals surface area contributed by atoms with E-state index in [9.17, 15) is 18.4 Å². The Morgan fingerprint density at radius 2 is 1.92 bits per heavy atom. The predicted molar refractivity (Wildman–Crippen MR) is 137 cm³/mol. The molecule has 0 atom stereocenters. The van der Waals surface area contributed by atoms with Crippen LogP contribution in [0.5, 0.6) is 5.75 Å². The van der Waals surface area contributed by atoms with Crippen molar-refractivity contribution in [3.63, 3.8) is 0 Å². The Morgan fingerprint density at radius 1 is 1.16 bits per heavy atom. The normalized spacial score (nSPS) is 14.8. The smallest absolute Gasteiger partial charge is 0.298 e. The highest BCUT2D eigenvalue weighted by Gasteiger charge is 2.33. The number of nitrogen functional groups attached to an aromatic ring is 1. The van der Waals surface area contributed by atoms with Crippen molar-refractivity contribution in [3.05, 3.63) is 65.0 Å². The molecule has 1 saturated heterocycles. The second kappa shape index (κ2) is 10.1. The maximum Gasteiger partial charge on any atom is 0.298 e. The summed E-state index contributed by atoms with van der Waals surface area (Å²) in [6.07, 6.45) is 2.88. The van der Waals surface area contributed by atoms with Crippen LogP contribution in [0.2, 0.25) is 0 Å². The van der Waals surface area contributed by atoms with Crippen LogP contribution in [0.1, 0.15) is 47.2 Å². The number of aromatic nitrogens is 2. The molecule has 2 heterocycles. The molecule has 2 fully saturated rings. The lowest BCUT2D eigenvalue weighted by Gasteiger charge is -2.38. The Hall–Kier alpha value is -4.52. The molecule has 10 heteroatoms. The molecule has 0 spiro atoms. The number of nitrogens with two attached hydrogens (primary N) is 1. The number of carbonyl (C=O) groups is 2. The quantitative estimate of drug-likeness (QED) is 0.478. The van der Waals surface area contributed by atoms with Gasteiger partial charge < -0.3 is 20.7 Å². The zero-order valence-electron chi connectivity index (χ0n) is 20.8. The number of nitrogens with zero attached hydrogens (tertiary/aromatic N) is 3. The number of benzene rings is 2. The maximum atomic E-state index is 14.8. The molecule has 2 amide bonds. The first-order valence-corrected chi connectivity index (χ1v) is 12.1. The van der Waals surface area contributed by atoms with E-state index in [1.165, 1.54) is 29.4 Å². The van der Waals surface area contributed by atoms with E-state index >= 15 is 0 Å². The molecule has 2 aliphatic rings. The van der Waals surface area contributed by atoms with Gasteiger partial charge in [0.1, 0.15) is 29.8 Å². The number of likely N-dealkylation sites (tertiary alicyclic amines) is 1. The van der Waals surface area contributed by atoms with Gasteiger partial charge in [-0.15, -0.1) is 0 Å². The molecule has 0 unspecified atom stereocenters. The van der Waals surface area contributed by atoms with Crippen LogP contribution in [0, 0.1) is 30.4 Å². The fourth-order valence-electron chi connectivity index (χ4n) is 4.36. The van der Waals surface area contributed by atoms with Crippen LogP contribution in [0.15, 0.2) is 36.7 Å². The van der Waals surface area contributed by atoms with Crippen molar-refractivity contribution < 1.29 is 23.1 Å². The lowest BCUT2D eigenvalue weighted by atomic mass is 10.0. The van der Waals surface area contributed by atoms with Gasteiger partial charge in [-0.3, -0.25) is 9.59 Å². The number of anilines is 2. The van der Waals surface area contributed by atoms with Crippen molar-refractivity contribution >= 4 is 23.3 Å². The summed E-state index contributed by atoms with van der Waals surface area (Å²) >= 11 is 0. The summed E-state index contributed by atoms with van der Waals surface area (Å²) in [6.45, 7) is 3.86. The first-order valence-electron chi connectivity index (χ1n) is 12.1. The van der Waals surface area contributed by atoms with Crippen LogP contribution < -0.4 is 15.8 Å². The van der Waals surface area contributed by atoms with Gasteiger partial charge in [0.2, 0.25) is 0 Å². The van der Waals surface area contributed by atoms with Gasteiger partial charge >= 0.3 is 0 Å². The number of hydrogen-bond donors (Lipinski definition) is 2. The molecule has 0 bridgehead atoms. The average Bonchev–Trinajstić information content (AvgIpc) is 3.69. The lowest BCUT2D eigenvalue weighted by molar-refractivity contribution is -0.133. The third kappa shape index (κ3) is 5.00. The van der Waals surface area contributed by atoms with Crippen LogP contribution in [0.4, 0.5) is 20.3 Å². The molecular weight excluding hydrogens is 492 g/mol. The topological polar surface area (TPSA) is 110 Å². The third-order valence-corrected chi connectivity index (χ3v) is 6.65. The van der Waals surface area contributed by atoms with Crippen molar-refractivity contribution in [2.75, 3.05) is 24.1 Å². The highest BCUT2D eigenvalue weighted by atomic mass is 19.1. The van der Waals surface area contributed by atoms with Crippen molar-refractivity contribution in [3.8, 4) is 28.8 Å². The minimum Gasteiger partial charge on any atom is -0.481 e. The van der Waals surface area contributed by atoms with Crippen LogP contribution in [-0.4, -0.2) is 45.9 Å². The van der Waals surface area contributed by atoms with Crippen LogP contribution in [-0.2, 0) is 4.79 Å². The summed E-state index contributed by atoms with van der Waals surface area (Å²) in [7, 11) is 0. The molecule has 0 radical (unpaired) electrons. The number of amides is 2. The molecule has 194 valence electrons. The standard InChI is InChI=1S/C28H25F2N5O3/c1-3-4-24(36)35-12-19(13-35)38-26-25(32-14-33-27(26)31)21-10-18(29)11-23(15(21)2)34-28(37)20-8-7-17(9-22(20)30)16-5-6-16/h7-11,14,16,19H,5-6,12-13H2,1-2H3,(H,34,37)(H2,31,32,33). The summed E-state index contributed by atoms with van der Waals surface area (Å²) in [5.74, 6) is 3.30. The first-order chi connectivity index (χ1) is 18.2. The number of hydrogen-bond acceptors (Lipinski definition) is 6. The highest BCUT2D eigenvalue weighted by molar-refractivity contribution is 6.05. The fraction of sp³-hybridized carbons (Fsp3) is 0.286. The number of halogens is 2. The van der Waals surface area contributed by atoms with Gasteiger partial charge in [-0.05, 0) is 73.9 Å². The highest BCUT2D eigenvalue weighted by Crippen LogP contribution is 2.41. The van der Waals surface area contributed by atoms with E-state index in [1.807, 2.05) is 0 Å². The molecule has 1 saturated carbocycles. The van der Waals surface area contributed by atoms with Crippen LogP contribution >= 0.6 is 0 Å². The van der Waals surface area contributed by atoms with Gasteiger partial charge in [-0.25, -0.2) is 18.7 Å². The predicted octanol–water partition coefficient (Wildman–Crippen LogP) is 4.06. The van der Waals surface area contributed by atoms with Crippen molar-refractivity contribution in [2.24, 2.45) is 0 Å². The molecule has 5 rings (SSSR count). The second-order valence-corrected chi connectivity index (χ2v) is 9.36. The summed E-state index contributed by atoms with van der Waals surface area (Å²) in [5.41, 5.74) is 7.98. The average molecular weight is 518 g/mol. The summed E-state index contributed by atoms with van der Waals surface area (Å²) in [5, 5.41) is 2.62. The van der Waals surface area contributed by atoms with E-state index in [2.05, 4.69) is 27.1 Å². The number of rotatable bonds is 6. The van der Waals surface area contributed by atoms with E-state index in [-0.39, 0.29) is 40.5 Å². The van der Waals surface area contributed by atoms with Crippen molar-refractivity contribution in [2.45, 2.75) is 38.7 Å². The van der Waals surface area contributed by atoms with E-state index in [0.717, 1.165) is 24.5 Å². The van der Waals surface area contributed by atoms with E-state index in [0.29, 0.717) is 30.1 Å². The Labute approximate surface area is 218 Å². The Kier molecular flexibility index (Phi) is 6.68. The molecule has 1 aliphatic heterocycles. The molecular formula is C28H25F2N5O3. The van der Waals surface area contributed by atoms with Crippen LogP contribution in [0.3, 0.4) is 0 Å². The molecule has 1 aliphatic carbocycles. The zero-order valence-corrected chi connectivity index (χ0v) is 20.8. The zero-order chi connectivity index (χ0) is 27.0. The Balaban J connectivity index is 1.40. The minimum atomic E-state index is -0.697. The first kappa shape index (κ1) is 25.1. The lowest BCUT2D eigenvalue weighted by Crippen LogP contribution is -2.56. The minimum absolute atomic E-state index is 0.0418. The third-order valence-electron chi connectivity index (χ3n) is 6.65. The van der Waals surface area contributed by atoms with E-state index in [1.54, 1.807) is 19.9 Å². The number of carbonyl (C=O) groups excluding carboxylic acids is 2. The van der Waals surface area contributed by atoms with Gasteiger partial charge in [-0.2, -0.15) is 0 Å². The molecule has 38 heavy (non-hydrogen) atoms. The van der Waals surface area contributed by atoms with Gasteiger partial charge in [0.05, 0.1) is 18.7 Å². The summed E-state index contributed by atoms with van der Waals surface area (Å²) < 4.78 is 35.5. The second-order valence-electron chi connectivity index (χ2n) is 9.36. The number of ether oxygens (including phenoxy) is 1. The Bertz CT molecular complexity index is 1500. The van der Waals surface area contributed by atoms with E-state index < -0.39 is 17.5 Å². The molecule has 8 nitrogen and oxygen atoms in total. The molecule has 3 N–H and O–H groups in total. The van der Waals surface area contributed by atoms with Crippen LogP contribution in [0.25, 0.3) is 11.3 Å². The molecule has 3 aromatic rings. The summed E-state index contributed by atoms with van der Waals surface area (Å²) in [4.78, 5) is 34.6. The van der Waals surface area contributed by atoms with Crippen molar-refractivity contribution in [1.82, 2.24) is 14.9 Å².